The highest BCUT2D eigenvalue weighted by molar-refractivity contribution is 7.92. The van der Waals surface area contributed by atoms with Crippen LogP contribution in [0.15, 0.2) is 71.9 Å². The van der Waals surface area contributed by atoms with Crippen molar-refractivity contribution < 1.29 is 8.42 Å². The third-order valence-electron chi connectivity index (χ3n) is 4.98. The molecule has 6 nitrogen and oxygen atoms in total. The monoisotopic (exact) mass is 396 g/mol. The van der Waals surface area contributed by atoms with Gasteiger partial charge in [-0.3, -0.25) is 9.62 Å². The zero-order valence-electron chi connectivity index (χ0n) is 15.7. The lowest BCUT2D eigenvalue weighted by Crippen LogP contribution is -2.29. The van der Waals surface area contributed by atoms with Gasteiger partial charge in [0, 0.05) is 24.6 Å². The van der Waals surface area contributed by atoms with Gasteiger partial charge >= 0.3 is 0 Å². The Bertz CT molecular complexity index is 992. The number of anilines is 1. The molecule has 0 amide bonds. The van der Waals surface area contributed by atoms with E-state index in [4.69, 9.17) is 0 Å². The molecule has 1 saturated heterocycles. The molecule has 3 aromatic rings. The Hall–Kier alpha value is -2.64. The Balaban J connectivity index is 1.42. The fourth-order valence-electron chi connectivity index (χ4n) is 3.47. The van der Waals surface area contributed by atoms with E-state index < -0.39 is 10.0 Å². The number of rotatable bonds is 6. The minimum absolute atomic E-state index is 0.223. The zero-order valence-corrected chi connectivity index (χ0v) is 16.5. The van der Waals surface area contributed by atoms with Crippen LogP contribution in [-0.2, 0) is 16.6 Å². The van der Waals surface area contributed by atoms with Gasteiger partial charge in [-0.05, 0) is 74.0 Å². The third-order valence-corrected chi connectivity index (χ3v) is 6.37. The summed E-state index contributed by atoms with van der Waals surface area (Å²) >= 11 is 0. The average molecular weight is 397 g/mol. The van der Waals surface area contributed by atoms with Crippen LogP contribution in [0, 0.1) is 0 Å². The first-order valence-electron chi connectivity index (χ1n) is 9.54. The molecule has 1 aliphatic heterocycles. The van der Waals surface area contributed by atoms with Gasteiger partial charge in [-0.2, -0.15) is 5.10 Å². The van der Waals surface area contributed by atoms with E-state index in [-0.39, 0.29) is 4.90 Å². The molecule has 4 rings (SSSR count). The van der Waals surface area contributed by atoms with Crippen LogP contribution in [0.5, 0.6) is 0 Å². The SMILES string of the molecule is O=S(=O)(Nc1ccc(CN2CCCCC2)cc1)c1ccc(-n2cccn2)cc1. The first-order valence-corrected chi connectivity index (χ1v) is 11.0. The van der Waals surface area contributed by atoms with Gasteiger partial charge in [0.2, 0.25) is 0 Å². The lowest BCUT2D eigenvalue weighted by molar-refractivity contribution is 0.221. The van der Waals surface area contributed by atoms with Gasteiger partial charge in [0.15, 0.2) is 0 Å². The maximum atomic E-state index is 12.7. The quantitative estimate of drug-likeness (QED) is 0.690. The molecule has 0 bridgehead atoms. The maximum Gasteiger partial charge on any atom is 0.261 e. The van der Waals surface area contributed by atoms with Crippen molar-refractivity contribution in [1.29, 1.82) is 0 Å². The van der Waals surface area contributed by atoms with E-state index >= 15 is 0 Å². The van der Waals surface area contributed by atoms with E-state index in [0.717, 1.165) is 25.3 Å². The number of benzene rings is 2. The molecule has 0 aliphatic carbocycles. The molecule has 0 spiro atoms. The summed E-state index contributed by atoms with van der Waals surface area (Å²) in [6.45, 7) is 3.20. The first kappa shape index (κ1) is 18.7. The minimum Gasteiger partial charge on any atom is -0.299 e. The average Bonchev–Trinajstić information content (AvgIpc) is 3.25. The van der Waals surface area contributed by atoms with Crippen LogP contribution < -0.4 is 4.72 Å². The second-order valence-electron chi connectivity index (χ2n) is 7.08. The lowest BCUT2D eigenvalue weighted by Gasteiger charge is -2.26. The molecule has 1 aromatic heterocycles. The summed E-state index contributed by atoms with van der Waals surface area (Å²) in [4.78, 5) is 2.67. The van der Waals surface area contributed by atoms with E-state index in [0.29, 0.717) is 5.69 Å². The largest absolute Gasteiger partial charge is 0.299 e. The van der Waals surface area contributed by atoms with Gasteiger partial charge in [-0.25, -0.2) is 13.1 Å². The van der Waals surface area contributed by atoms with Crippen molar-refractivity contribution in [2.75, 3.05) is 17.8 Å². The summed E-state index contributed by atoms with van der Waals surface area (Å²) in [5, 5.41) is 4.14. The van der Waals surface area contributed by atoms with Crippen molar-refractivity contribution in [1.82, 2.24) is 14.7 Å². The second-order valence-corrected chi connectivity index (χ2v) is 8.77. The van der Waals surface area contributed by atoms with Crippen LogP contribution in [0.25, 0.3) is 5.69 Å². The molecule has 1 aliphatic rings. The van der Waals surface area contributed by atoms with Crippen molar-refractivity contribution in [3.8, 4) is 5.69 Å². The zero-order chi connectivity index (χ0) is 19.4. The van der Waals surface area contributed by atoms with Crippen LogP contribution in [0.1, 0.15) is 24.8 Å². The molecule has 146 valence electrons. The van der Waals surface area contributed by atoms with Crippen molar-refractivity contribution in [2.24, 2.45) is 0 Å². The van der Waals surface area contributed by atoms with Gasteiger partial charge in [-0.15, -0.1) is 0 Å². The standard InChI is InChI=1S/C21H24N4O2S/c26-28(27,21-11-9-20(10-12-21)25-16-4-13-22-25)23-19-7-5-18(6-8-19)17-24-14-2-1-3-15-24/h4-13,16,23H,1-3,14-15,17H2. The number of piperidine rings is 1. The van der Waals surface area contributed by atoms with Crippen LogP contribution >= 0.6 is 0 Å². The Morgan fingerprint density at radius 3 is 2.29 bits per heavy atom. The number of hydrogen-bond donors (Lipinski definition) is 1. The molecule has 0 unspecified atom stereocenters. The molecule has 2 aromatic carbocycles. The minimum atomic E-state index is -3.63. The highest BCUT2D eigenvalue weighted by Gasteiger charge is 2.15. The fourth-order valence-corrected chi connectivity index (χ4v) is 4.53. The van der Waals surface area contributed by atoms with Crippen LogP contribution in [-0.4, -0.2) is 36.2 Å². The van der Waals surface area contributed by atoms with Gasteiger partial charge in [0.05, 0.1) is 10.6 Å². The smallest absolute Gasteiger partial charge is 0.261 e. The van der Waals surface area contributed by atoms with Crippen LogP contribution in [0.3, 0.4) is 0 Å². The first-order chi connectivity index (χ1) is 13.6. The Morgan fingerprint density at radius 2 is 1.64 bits per heavy atom. The van der Waals surface area contributed by atoms with Crippen LogP contribution in [0.2, 0.25) is 0 Å². The molecule has 7 heteroatoms. The van der Waals surface area contributed by atoms with Crippen molar-refractivity contribution >= 4 is 15.7 Å². The predicted octanol–water partition coefficient (Wildman–Crippen LogP) is 3.66. The summed E-state index contributed by atoms with van der Waals surface area (Å²) in [7, 11) is -3.63. The van der Waals surface area contributed by atoms with E-state index in [2.05, 4.69) is 14.7 Å². The van der Waals surface area contributed by atoms with Crippen molar-refractivity contribution in [3.05, 3.63) is 72.6 Å². The van der Waals surface area contributed by atoms with Gasteiger partial charge < -0.3 is 0 Å². The number of hydrogen-bond acceptors (Lipinski definition) is 4. The predicted molar refractivity (Wildman–Crippen MR) is 110 cm³/mol. The van der Waals surface area contributed by atoms with Gasteiger partial charge in [0.1, 0.15) is 0 Å². The van der Waals surface area contributed by atoms with Crippen LogP contribution in [0.4, 0.5) is 5.69 Å². The fraction of sp³-hybridized carbons (Fsp3) is 0.286. The molecule has 1 N–H and O–H groups in total. The summed E-state index contributed by atoms with van der Waals surface area (Å²) in [6, 6.07) is 16.1. The molecular weight excluding hydrogens is 372 g/mol. The highest BCUT2D eigenvalue weighted by Crippen LogP contribution is 2.19. The molecular formula is C21H24N4O2S. The molecule has 0 saturated carbocycles. The number of sulfonamides is 1. The molecule has 1 fully saturated rings. The van der Waals surface area contributed by atoms with E-state index in [1.54, 1.807) is 35.1 Å². The Morgan fingerprint density at radius 1 is 0.929 bits per heavy atom. The van der Waals surface area contributed by atoms with E-state index in [9.17, 15) is 8.42 Å². The Kier molecular flexibility index (Phi) is 5.45. The molecule has 2 heterocycles. The number of likely N-dealkylation sites (tertiary alicyclic amines) is 1. The lowest BCUT2D eigenvalue weighted by atomic mass is 10.1. The summed E-state index contributed by atoms with van der Waals surface area (Å²) in [5.41, 5.74) is 2.58. The third kappa shape index (κ3) is 4.43. The van der Waals surface area contributed by atoms with Gasteiger partial charge in [0.25, 0.3) is 10.0 Å². The van der Waals surface area contributed by atoms with Gasteiger partial charge in [-0.1, -0.05) is 18.6 Å². The van der Waals surface area contributed by atoms with E-state index in [1.807, 2.05) is 36.5 Å². The number of nitrogens with zero attached hydrogens (tertiary/aromatic N) is 3. The summed E-state index contributed by atoms with van der Waals surface area (Å²) < 4.78 is 29.7. The summed E-state index contributed by atoms with van der Waals surface area (Å²) in [6.07, 6.45) is 7.34. The second kappa shape index (κ2) is 8.16. The van der Waals surface area contributed by atoms with Crippen molar-refractivity contribution in [3.63, 3.8) is 0 Å². The Labute approximate surface area is 165 Å². The van der Waals surface area contributed by atoms with E-state index in [1.165, 1.54) is 24.8 Å². The number of aromatic nitrogens is 2. The normalized spacial score (nSPS) is 15.4. The summed E-state index contributed by atoms with van der Waals surface area (Å²) in [5.74, 6) is 0. The highest BCUT2D eigenvalue weighted by atomic mass is 32.2. The topological polar surface area (TPSA) is 67.2 Å². The molecule has 28 heavy (non-hydrogen) atoms. The van der Waals surface area contributed by atoms with Crippen molar-refractivity contribution in [2.45, 2.75) is 30.7 Å². The molecule has 0 radical (unpaired) electrons. The maximum absolute atomic E-state index is 12.7. The molecule has 0 atom stereocenters. The number of nitrogens with one attached hydrogen (secondary N) is 1.